The summed E-state index contributed by atoms with van der Waals surface area (Å²) in [5.74, 6) is 0.741. The van der Waals surface area contributed by atoms with E-state index in [9.17, 15) is 5.11 Å². The minimum Gasteiger partial charge on any atom is -0.485 e. The van der Waals surface area contributed by atoms with Crippen LogP contribution in [0.3, 0.4) is 0 Å². The van der Waals surface area contributed by atoms with Crippen molar-refractivity contribution in [1.82, 2.24) is 9.78 Å². The number of benzene rings is 1. The van der Waals surface area contributed by atoms with Crippen molar-refractivity contribution in [2.75, 3.05) is 0 Å². The largest absolute Gasteiger partial charge is 0.485 e. The molecule has 1 aromatic heterocycles. The zero-order chi connectivity index (χ0) is 12.7. The number of aryl methyl sites for hydroxylation is 1. The fraction of sp³-hybridized carbons (Fsp3) is 0.308. The van der Waals surface area contributed by atoms with Gasteiger partial charge < -0.3 is 9.84 Å². The van der Waals surface area contributed by atoms with Gasteiger partial charge in [0.25, 0.3) is 0 Å². The minimum atomic E-state index is -0.503. The molecule has 1 aliphatic rings. The third-order valence-corrected chi connectivity index (χ3v) is 3.63. The maximum atomic E-state index is 10.2. The Morgan fingerprint density at radius 3 is 3.06 bits per heavy atom. The highest BCUT2D eigenvalue weighted by Gasteiger charge is 2.28. The topological polar surface area (TPSA) is 47.3 Å². The highest BCUT2D eigenvalue weighted by molar-refractivity contribution is 9.10. The smallest absolute Gasteiger partial charge is 0.130 e. The van der Waals surface area contributed by atoms with Gasteiger partial charge in [-0.3, -0.25) is 4.68 Å². The lowest BCUT2D eigenvalue weighted by Crippen LogP contribution is -2.18. The van der Waals surface area contributed by atoms with E-state index in [1.165, 1.54) is 0 Å². The highest BCUT2D eigenvalue weighted by Crippen LogP contribution is 2.41. The Bertz CT molecular complexity index is 582. The van der Waals surface area contributed by atoms with E-state index < -0.39 is 6.10 Å². The first-order chi connectivity index (χ1) is 8.63. The molecule has 0 saturated carbocycles. The van der Waals surface area contributed by atoms with Crippen LogP contribution in [-0.4, -0.2) is 14.9 Å². The lowest BCUT2D eigenvalue weighted by molar-refractivity contribution is 0.0656. The van der Waals surface area contributed by atoms with Gasteiger partial charge in [0.2, 0.25) is 0 Å². The van der Waals surface area contributed by atoms with Gasteiger partial charge in [-0.1, -0.05) is 15.9 Å². The van der Waals surface area contributed by atoms with Gasteiger partial charge in [-0.05, 0) is 18.2 Å². The predicted molar refractivity (Wildman–Crippen MR) is 70.3 cm³/mol. The molecule has 0 bridgehead atoms. The quantitative estimate of drug-likeness (QED) is 0.881. The van der Waals surface area contributed by atoms with Crippen molar-refractivity contribution < 1.29 is 9.84 Å². The minimum absolute atomic E-state index is 0.137. The fourth-order valence-corrected chi connectivity index (χ4v) is 2.61. The Morgan fingerprint density at radius 2 is 2.33 bits per heavy atom. The molecular weight excluding hydrogens is 296 g/mol. The van der Waals surface area contributed by atoms with Crippen molar-refractivity contribution >= 4 is 15.9 Å². The summed E-state index contributed by atoms with van der Waals surface area (Å²) in [6, 6.07) is 5.70. The Morgan fingerprint density at radius 1 is 1.50 bits per heavy atom. The molecule has 0 fully saturated rings. The van der Waals surface area contributed by atoms with E-state index >= 15 is 0 Å². The van der Waals surface area contributed by atoms with Crippen LogP contribution in [0.25, 0.3) is 0 Å². The van der Waals surface area contributed by atoms with Crippen LogP contribution >= 0.6 is 15.9 Å². The Hall–Kier alpha value is -1.33. The van der Waals surface area contributed by atoms with Gasteiger partial charge in [0.1, 0.15) is 11.9 Å². The molecule has 18 heavy (non-hydrogen) atoms. The SMILES string of the molecule is Cn1cc(C2CC(O)c3cc(Br)ccc3O2)cn1. The zero-order valence-corrected chi connectivity index (χ0v) is 11.5. The molecule has 0 saturated heterocycles. The van der Waals surface area contributed by atoms with E-state index in [-0.39, 0.29) is 6.10 Å². The average Bonchev–Trinajstić information content (AvgIpc) is 2.77. The summed E-state index contributed by atoms with van der Waals surface area (Å²) in [5, 5.41) is 14.3. The van der Waals surface area contributed by atoms with E-state index in [0.717, 1.165) is 21.3 Å². The van der Waals surface area contributed by atoms with E-state index in [0.29, 0.717) is 6.42 Å². The van der Waals surface area contributed by atoms with Crippen molar-refractivity contribution in [3.05, 3.63) is 46.2 Å². The number of nitrogens with zero attached hydrogens (tertiary/aromatic N) is 2. The van der Waals surface area contributed by atoms with Crippen molar-refractivity contribution in [3.63, 3.8) is 0 Å². The Kier molecular flexibility index (Phi) is 2.87. The second kappa shape index (κ2) is 4.40. The van der Waals surface area contributed by atoms with Crippen LogP contribution < -0.4 is 4.74 Å². The molecule has 0 radical (unpaired) electrons. The summed E-state index contributed by atoms with van der Waals surface area (Å²) in [6.45, 7) is 0. The molecular formula is C13H13BrN2O2. The van der Waals surface area contributed by atoms with Crippen LogP contribution in [0.2, 0.25) is 0 Å². The number of aromatic nitrogens is 2. The normalized spacial score (nSPS) is 22.4. The van der Waals surface area contributed by atoms with Crippen molar-refractivity contribution in [1.29, 1.82) is 0 Å². The van der Waals surface area contributed by atoms with E-state index in [1.54, 1.807) is 10.9 Å². The summed E-state index contributed by atoms with van der Waals surface area (Å²) in [5.41, 5.74) is 1.83. The van der Waals surface area contributed by atoms with Gasteiger partial charge in [0.15, 0.2) is 0 Å². The van der Waals surface area contributed by atoms with Crippen LogP contribution in [0.15, 0.2) is 35.1 Å². The molecule has 1 aliphatic heterocycles. The molecule has 1 aromatic carbocycles. The summed E-state index contributed by atoms with van der Waals surface area (Å²) in [4.78, 5) is 0. The molecule has 1 N–H and O–H groups in total. The van der Waals surface area contributed by atoms with Gasteiger partial charge in [-0.15, -0.1) is 0 Å². The summed E-state index contributed by atoms with van der Waals surface area (Å²) < 4.78 is 8.61. The number of aliphatic hydroxyl groups excluding tert-OH is 1. The molecule has 4 nitrogen and oxygen atoms in total. The first-order valence-electron chi connectivity index (χ1n) is 5.76. The molecule has 2 heterocycles. The number of hydrogen-bond acceptors (Lipinski definition) is 3. The van der Waals surface area contributed by atoms with Crippen molar-refractivity contribution in [3.8, 4) is 5.75 Å². The number of rotatable bonds is 1. The van der Waals surface area contributed by atoms with Crippen molar-refractivity contribution in [2.45, 2.75) is 18.6 Å². The van der Waals surface area contributed by atoms with Crippen LogP contribution in [0, 0.1) is 0 Å². The monoisotopic (exact) mass is 308 g/mol. The first-order valence-corrected chi connectivity index (χ1v) is 6.55. The second-order valence-corrected chi connectivity index (χ2v) is 5.40. The second-order valence-electron chi connectivity index (χ2n) is 4.49. The number of aliphatic hydroxyl groups is 1. The summed E-state index contributed by atoms with van der Waals surface area (Å²) in [6.07, 6.45) is 3.61. The van der Waals surface area contributed by atoms with Gasteiger partial charge in [-0.25, -0.2) is 0 Å². The molecule has 2 atom stereocenters. The third-order valence-electron chi connectivity index (χ3n) is 3.13. The van der Waals surface area contributed by atoms with Gasteiger partial charge in [-0.2, -0.15) is 5.10 Å². The summed E-state index contributed by atoms with van der Waals surface area (Å²) in [7, 11) is 1.87. The Labute approximate surface area is 113 Å². The molecule has 2 unspecified atom stereocenters. The predicted octanol–water partition coefficient (Wildman–Crippen LogP) is 2.74. The number of fused-ring (bicyclic) bond motifs is 1. The van der Waals surface area contributed by atoms with E-state index in [2.05, 4.69) is 21.0 Å². The molecule has 0 amide bonds. The van der Waals surface area contributed by atoms with Gasteiger partial charge in [0, 0.05) is 35.3 Å². The lowest BCUT2D eigenvalue weighted by atomic mass is 9.96. The number of ether oxygens (including phenoxy) is 1. The van der Waals surface area contributed by atoms with E-state index in [1.807, 2.05) is 31.4 Å². The molecule has 5 heteroatoms. The number of hydrogen-bond donors (Lipinski definition) is 1. The zero-order valence-electron chi connectivity index (χ0n) is 9.88. The van der Waals surface area contributed by atoms with Crippen LogP contribution in [0.1, 0.15) is 29.8 Å². The van der Waals surface area contributed by atoms with Crippen LogP contribution in [0.4, 0.5) is 0 Å². The van der Waals surface area contributed by atoms with Crippen LogP contribution in [-0.2, 0) is 7.05 Å². The third kappa shape index (κ3) is 2.04. The highest BCUT2D eigenvalue weighted by atomic mass is 79.9. The van der Waals surface area contributed by atoms with Crippen LogP contribution in [0.5, 0.6) is 5.75 Å². The molecule has 94 valence electrons. The molecule has 3 rings (SSSR count). The number of halogens is 1. The standard InChI is InChI=1S/C13H13BrN2O2/c1-16-7-8(6-15-16)13-5-11(17)10-4-9(14)2-3-12(10)18-13/h2-4,6-7,11,13,17H,5H2,1H3. The first kappa shape index (κ1) is 11.7. The molecule has 2 aromatic rings. The lowest BCUT2D eigenvalue weighted by Gasteiger charge is -2.29. The maximum Gasteiger partial charge on any atom is 0.130 e. The maximum absolute atomic E-state index is 10.2. The van der Waals surface area contributed by atoms with E-state index in [4.69, 9.17) is 4.74 Å². The molecule has 0 spiro atoms. The fourth-order valence-electron chi connectivity index (χ4n) is 2.23. The Balaban J connectivity index is 1.94. The van der Waals surface area contributed by atoms with Crippen molar-refractivity contribution in [2.24, 2.45) is 7.05 Å². The van der Waals surface area contributed by atoms with Gasteiger partial charge >= 0.3 is 0 Å². The summed E-state index contributed by atoms with van der Waals surface area (Å²) >= 11 is 3.40. The van der Waals surface area contributed by atoms with Gasteiger partial charge in [0.05, 0.1) is 12.3 Å². The molecule has 0 aliphatic carbocycles. The average molecular weight is 309 g/mol.